The Bertz CT molecular complexity index is 782. The fourth-order valence-corrected chi connectivity index (χ4v) is 3.63. The zero-order chi connectivity index (χ0) is 20.5. The van der Waals surface area contributed by atoms with Gasteiger partial charge in [0.25, 0.3) is 5.91 Å². The molecule has 6 nitrogen and oxygen atoms in total. The van der Waals surface area contributed by atoms with Crippen molar-refractivity contribution in [1.82, 2.24) is 10.2 Å². The molecule has 154 valence electrons. The summed E-state index contributed by atoms with van der Waals surface area (Å²) < 4.78 is 10.6. The molecule has 1 fully saturated rings. The van der Waals surface area contributed by atoms with Gasteiger partial charge in [-0.2, -0.15) is 0 Å². The highest BCUT2D eigenvalue weighted by Gasteiger charge is 2.34. The number of para-hydroxylation sites is 1. The molecule has 2 aromatic rings. The Morgan fingerprint density at radius 1 is 1.03 bits per heavy atom. The molecule has 3 rings (SSSR count). The summed E-state index contributed by atoms with van der Waals surface area (Å²) in [6.07, 6.45) is 0.714. The van der Waals surface area contributed by atoms with Gasteiger partial charge in [-0.3, -0.25) is 9.59 Å². The van der Waals surface area contributed by atoms with Gasteiger partial charge in [0.1, 0.15) is 5.75 Å². The number of methoxy groups -OCH3 is 1. The number of carbonyl (C=O) groups excluding carboxylic acids is 2. The summed E-state index contributed by atoms with van der Waals surface area (Å²) in [6.45, 7) is 1.88. The van der Waals surface area contributed by atoms with Crippen molar-refractivity contribution in [3.63, 3.8) is 0 Å². The number of nitrogens with zero attached hydrogens (tertiary/aromatic N) is 1. The highest BCUT2D eigenvalue weighted by Crippen LogP contribution is 2.30. The lowest BCUT2D eigenvalue weighted by atomic mass is 9.84. The van der Waals surface area contributed by atoms with E-state index in [4.69, 9.17) is 9.47 Å². The van der Waals surface area contributed by atoms with Crippen molar-refractivity contribution >= 4 is 11.8 Å². The van der Waals surface area contributed by atoms with Crippen LogP contribution in [0.4, 0.5) is 0 Å². The van der Waals surface area contributed by atoms with Gasteiger partial charge in [0.15, 0.2) is 6.61 Å². The van der Waals surface area contributed by atoms with Gasteiger partial charge in [0.05, 0.1) is 12.5 Å². The summed E-state index contributed by atoms with van der Waals surface area (Å²) in [5, 5.41) is 2.91. The minimum atomic E-state index is -0.258. The van der Waals surface area contributed by atoms with E-state index in [-0.39, 0.29) is 30.3 Å². The van der Waals surface area contributed by atoms with Gasteiger partial charge in [0.2, 0.25) is 5.91 Å². The van der Waals surface area contributed by atoms with Gasteiger partial charge < -0.3 is 19.7 Å². The summed E-state index contributed by atoms with van der Waals surface area (Å²) in [6, 6.07) is 19.3. The van der Waals surface area contributed by atoms with E-state index in [9.17, 15) is 9.59 Å². The lowest BCUT2D eigenvalue weighted by molar-refractivity contribution is -0.138. The molecule has 29 heavy (non-hydrogen) atoms. The van der Waals surface area contributed by atoms with E-state index in [2.05, 4.69) is 17.4 Å². The van der Waals surface area contributed by atoms with Gasteiger partial charge in [-0.15, -0.1) is 0 Å². The van der Waals surface area contributed by atoms with Crippen LogP contribution in [0.25, 0.3) is 0 Å². The average Bonchev–Trinajstić information content (AvgIpc) is 2.78. The molecule has 0 spiro atoms. The summed E-state index contributed by atoms with van der Waals surface area (Å²) >= 11 is 0. The summed E-state index contributed by atoms with van der Waals surface area (Å²) in [4.78, 5) is 27.2. The van der Waals surface area contributed by atoms with Crippen molar-refractivity contribution in [2.45, 2.75) is 12.3 Å². The average molecular weight is 396 g/mol. The number of amides is 2. The predicted molar refractivity (Wildman–Crippen MR) is 111 cm³/mol. The van der Waals surface area contributed by atoms with Crippen molar-refractivity contribution in [2.24, 2.45) is 5.92 Å². The molecule has 0 saturated carbocycles. The molecule has 2 amide bonds. The van der Waals surface area contributed by atoms with Crippen LogP contribution in [0.3, 0.4) is 0 Å². The quantitative estimate of drug-likeness (QED) is 0.696. The highest BCUT2D eigenvalue weighted by atomic mass is 16.5. The Morgan fingerprint density at radius 2 is 1.72 bits per heavy atom. The number of benzene rings is 2. The lowest BCUT2D eigenvalue weighted by Gasteiger charge is -2.37. The first kappa shape index (κ1) is 20.9. The molecule has 1 saturated heterocycles. The number of hydrogen-bond acceptors (Lipinski definition) is 4. The Kier molecular flexibility index (Phi) is 7.64. The molecule has 6 heteroatoms. The zero-order valence-corrected chi connectivity index (χ0v) is 16.8. The minimum absolute atomic E-state index is 0.0375. The number of piperidine rings is 1. The number of hydrogen-bond donors (Lipinski definition) is 1. The monoisotopic (exact) mass is 396 g/mol. The van der Waals surface area contributed by atoms with Crippen molar-refractivity contribution in [3.8, 4) is 5.75 Å². The van der Waals surface area contributed by atoms with E-state index in [0.29, 0.717) is 38.4 Å². The number of carbonyl (C=O) groups is 2. The molecule has 1 heterocycles. The van der Waals surface area contributed by atoms with E-state index in [1.165, 1.54) is 0 Å². The first-order valence-electron chi connectivity index (χ1n) is 9.94. The summed E-state index contributed by atoms with van der Waals surface area (Å²) in [7, 11) is 1.60. The fraction of sp³-hybridized carbons (Fsp3) is 0.391. The van der Waals surface area contributed by atoms with E-state index in [1.807, 2.05) is 48.5 Å². The molecular formula is C23H28N2O4. The smallest absolute Gasteiger partial charge is 0.260 e. The predicted octanol–water partition coefficient (Wildman–Crippen LogP) is 2.46. The topological polar surface area (TPSA) is 67.9 Å². The van der Waals surface area contributed by atoms with Crippen LogP contribution in [0.15, 0.2) is 60.7 Å². The van der Waals surface area contributed by atoms with Crippen LogP contribution in [-0.4, -0.2) is 56.7 Å². The Labute approximate surface area is 171 Å². The standard InChI is InChI=1S/C23H28N2O4/c1-28-13-12-24-23(27)20-14-19(18-8-4-2-5-9-18)15-25(16-20)22(26)17-29-21-10-6-3-7-11-21/h2-11,19-20H,12-17H2,1H3,(H,24,27)/t19-,20-/m1/s1. The van der Waals surface area contributed by atoms with E-state index in [0.717, 1.165) is 5.56 Å². The van der Waals surface area contributed by atoms with Crippen LogP contribution in [0.1, 0.15) is 17.9 Å². The third-order valence-corrected chi connectivity index (χ3v) is 5.16. The molecule has 0 unspecified atom stereocenters. The third-order valence-electron chi connectivity index (χ3n) is 5.16. The van der Waals surface area contributed by atoms with Crippen molar-refractivity contribution < 1.29 is 19.1 Å². The molecule has 1 aliphatic heterocycles. The highest BCUT2D eigenvalue weighted by molar-refractivity contribution is 5.82. The molecule has 2 aromatic carbocycles. The van der Waals surface area contributed by atoms with Crippen LogP contribution < -0.4 is 10.1 Å². The molecule has 0 aliphatic carbocycles. The minimum Gasteiger partial charge on any atom is -0.484 e. The number of ether oxygens (including phenoxy) is 2. The van der Waals surface area contributed by atoms with Crippen LogP contribution in [-0.2, 0) is 14.3 Å². The van der Waals surface area contributed by atoms with Crippen LogP contribution in [0.5, 0.6) is 5.75 Å². The van der Waals surface area contributed by atoms with Crippen molar-refractivity contribution in [2.75, 3.05) is 40.0 Å². The van der Waals surface area contributed by atoms with E-state index in [1.54, 1.807) is 12.0 Å². The maximum atomic E-state index is 12.8. The maximum absolute atomic E-state index is 12.8. The second-order valence-corrected chi connectivity index (χ2v) is 7.22. The van der Waals surface area contributed by atoms with Gasteiger partial charge in [-0.1, -0.05) is 48.5 Å². The molecular weight excluding hydrogens is 368 g/mol. The van der Waals surface area contributed by atoms with Crippen molar-refractivity contribution in [1.29, 1.82) is 0 Å². The first-order chi connectivity index (χ1) is 14.2. The molecule has 2 atom stereocenters. The van der Waals surface area contributed by atoms with Crippen LogP contribution in [0, 0.1) is 5.92 Å². The molecule has 0 aromatic heterocycles. The first-order valence-corrected chi connectivity index (χ1v) is 9.94. The van der Waals surface area contributed by atoms with Gasteiger partial charge in [-0.25, -0.2) is 0 Å². The Morgan fingerprint density at radius 3 is 2.41 bits per heavy atom. The van der Waals surface area contributed by atoms with Crippen LogP contribution in [0.2, 0.25) is 0 Å². The van der Waals surface area contributed by atoms with Gasteiger partial charge in [-0.05, 0) is 24.1 Å². The zero-order valence-electron chi connectivity index (χ0n) is 16.8. The maximum Gasteiger partial charge on any atom is 0.260 e. The van der Waals surface area contributed by atoms with Gasteiger partial charge >= 0.3 is 0 Å². The SMILES string of the molecule is COCCNC(=O)[C@@H]1C[C@@H](c2ccccc2)CN(C(=O)COc2ccccc2)C1. The van der Waals surface area contributed by atoms with Gasteiger partial charge in [0, 0.05) is 32.7 Å². The molecule has 1 N–H and O–H groups in total. The third kappa shape index (κ3) is 6.06. The summed E-state index contributed by atoms with van der Waals surface area (Å²) in [5.74, 6) is 0.371. The largest absolute Gasteiger partial charge is 0.484 e. The van der Waals surface area contributed by atoms with E-state index < -0.39 is 0 Å². The molecule has 0 bridgehead atoms. The number of rotatable bonds is 8. The fourth-order valence-electron chi connectivity index (χ4n) is 3.63. The number of likely N-dealkylation sites (tertiary alicyclic amines) is 1. The summed E-state index contributed by atoms with van der Waals surface area (Å²) in [5.41, 5.74) is 1.14. The number of nitrogens with one attached hydrogen (secondary N) is 1. The second-order valence-electron chi connectivity index (χ2n) is 7.22. The lowest BCUT2D eigenvalue weighted by Crippen LogP contribution is -2.49. The van der Waals surface area contributed by atoms with E-state index >= 15 is 0 Å². The van der Waals surface area contributed by atoms with Crippen molar-refractivity contribution in [3.05, 3.63) is 66.2 Å². The molecule has 1 aliphatic rings. The normalized spacial score (nSPS) is 18.9. The second kappa shape index (κ2) is 10.6. The Hall–Kier alpha value is -2.86. The van der Waals surface area contributed by atoms with Crippen LogP contribution >= 0.6 is 0 Å². The molecule has 0 radical (unpaired) electrons. The Balaban J connectivity index is 1.67.